The maximum atomic E-state index is 10.9. The highest BCUT2D eigenvalue weighted by Gasteiger charge is 2.11. The molecule has 1 N–H and O–H groups in total. The first-order valence-corrected chi connectivity index (χ1v) is 8.84. The van der Waals surface area contributed by atoms with Crippen LogP contribution in [0.3, 0.4) is 0 Å². The molecule has 0 radical (unpaired) electrons. The maximum Gasteiger partial charge on any atom is 0.269 e. The number of hydrogen-bond acceptors (Lipinski definition) is 8. The van der Waals surface area contributed by atoms with E-state index in [0.29, 0.717) is 35.3 Å². The zero-order valence-corrected chi connectivity index (χ0v) is 15.4. The molecular formula is C19H16N8O2. The van der Waals surface area contributed by atoms with Crippen LogP contribution in [-0.2, 0) is 6.42 Å². The number of aryl methyl sites for hydroxylation is 1. The van der Waals surface area contributed by atoms with Crippen LogP contribution in [-0.4, -0.2) is 34.6 Å². The molecular weight excluding hydrogens is 372 g/mol. The Labute approximate surface area is 165 Å². The lowest BCUT2D eigenvalue weighted by Crippen LogP contribution is -2.01. The van der Waals surface area contributed by atoms with Gasteiger partial charge >= 0.3 is 0 Å². The summed E-state index contributed by atoms with van der Waals surface area (Å²) in [5.41, 5.74) is 2.28. The second kappa shape index (κ2) is 7.80. The lowest BCUT2D eigenvalue weighted by molar-refractivity contribution is -0.384. The van der Waals surface area contributed by atoms with E-state index in [2.05, 4.69) is 30.4 Å². The molecule has 0 fully saturated rings. The molecule has 3 aromatic heterocycles. The van der Waals surface area contributed by atoms with Crippen molar-refractivity contribution >= 4 is 17.2 Å². The van der Waals surface area contributed by atoms with Crippen molar-refractivity contribution in [3.05, 3.63) is 77.0 Å². The molecule has 144 valence electrons. The lowest BCUT2D eigenvalue weighted by Gasteiger charge is -2.08. The van der Waals surface area contributed by atoms with Crippen molar-refractivity contribution in [1.82, 2.24) is 29.7 Å². The number of hydrogen-bond donors (Lipinski definition) is 1. The molecule has 0 aliphatic heterocycles. The van der Waals surface area contributed by atoms with E-state index in [9.17, 15) is 10.1 Å². The van der Waals surface area contributed by atoms with Crippen molar-refractivity contribution in [3.63, 3.8) is 0 Å². The van der Waals surface area contributed by atoms with E-state index in [1.54, 1.807) is 47.7 Å². The first kappa shape index (κ1) is 18.2. The fraction of sp³-hybridized carbons (Fsp3) is 0.105. The minimum atomic E-state index is -0.436. The largest absolute Gasteiger partial charge is 0.338 e. The molecule has 0 bridgehead atoms. The number of non-ortho nitro benzene ring substituents is 1. The Morgan fingerprint density at radius 1 is 1.14 bits per heavy atom. The highest BCUT2D eigenvalue weighted by molar-refractivity contribution is 5.62. The van der Waals surface area contributed by atoms with Crippen LogP contribution >= 0.6 is 0 Å². The zero-order chi connectivity index (χ0) is 20.2. The molecule has 0 amide bonds. The summed E-state index contributed by atoms with van der Waals surface area (Å²) in [7, 11) is 0. The van der Waals surface area contributed by atoms with Crippen molar-refractivity contribution < 1.29 is 4.92 Å². The number of nitrogens with zero attached hydrogens (tertiary/aromatic N) is 7. The van der Waals surface area contributed by atoms with E-state index < -0.39 is 4.92 Å². The van der Waals surface area contributed by atoms with Crippen molar-refractivity contribution in [2.45, 2.75) is 13.3 Å². The number of nitro groups is 1. The smallest absolute Gasteiger partial charge is 0.269 e. The average molecular weight is 388 g/mol. The molecule has 0 saturated heterocycles. The number of rotatable bonds is 6. The topological polar surface area (TPSA) is 125 Å². The van der Waals surface area contributed by atoms with Gasteiger partial charge in [0.15, 0.2) is 5.82 Å². The fourth-order valence-electron chi connectivity index (χ4n) is 2.66. The minimum absolute atomic E-state index is 0.0225. The molecule has 0 aliphatic rings. The summed E-state index contributed by atoms with van der Waals surface area (Å²) in [4.78, 5) is 27.8. The Hall–Kier alpha value is -4.21. The Kier molecular flexibility index (Phi) is 4.89. The van der Waals surface area contributed by atoms with Crippen LogP contribution in [0.5, 0.6) is 0 Å². The van der Waals surface area contributed by atoms with E-state index in [0.717, 1.165) is 5.69 Å². The maximum absolute atomic E-state index is 10.9. The van der Waals surface area contributed by atoms with E-state index in [1.165, 1.54) is 12.1 Å². The highest BCUT2D eigenvalue weighted by Crippen LogP contribution is 2.23. The van der Waals surface area contributed by atoms with Gasteiger partial charge in [-0.2, -0.15) is 5.10 Å². The quantitative estimate of drug-likeness (QED) is 0.394. The van der Waals surface area contributed by atoms with Gasteiger partial charge in [0.05, 0.1) is 23.0 Å². The number of anilines is 2. The van der Waals surface area contributed by atoms with Gasteiger partial charge in [0, 0.05) is 41.9 Å². The summed E-state index contributed by atoms with van der Waals surface area (Å²) in [6, 6.07) is 9.75. The highest BCUT2D eigenvalue weighted by atomic mass is 16.6. The third-order valence-corrected chi connectivity index (χ3v) is 4.09. The van der Waals surface area contributed by atoms with Crippen molar-refractivity contribution in [1.29, 1.82) is 0 Å². The molecule has 0 aliphatic carbocycles. The Morgan fingerprint density at radius 2 is 1.90 bits per heavy atom. The van der Waals surface area contributed by atoms with Crippen LogP contribution in [0.15, 0.2) is 61.2 Å². The van der Waals surface area contributed by atoms with Gasteiger partial charge in [0.1, 0.15) is 5.82 Å². The SMILES string of the molecule is CCc1cc(Nc2cnn(-c3ncccn3)c2)nc(-c2ccc([N+](=O)[O-])cc2)n1. The lowest BCUT2D eigenvalue weighted by atomic mass is 10.2. The van der Waals surface area contributed by atoms with Crippen LogP contribution in [0.25, 0.3) is 17.3 Å². The Morgan fingerprint density at radius 3 is 2.59 bits per heavy atom. The molecule has 0 spiro atoms. The number of benzene rings is 1. The molecule has 3 heterocycles. The third kappa shape index (κ3) is 4.05. The fourth-order valence-corrected chi connectivity index (χ4v) is 2.66. The molecule has 4 rings (SSSR count). The van der Waals surface area contributed by atoms with Crippen molar-refractivity contribution in [3.8, 4) is 17.3 Å². The monoisotopic (exact) mass is 388 g/mol. The van der Waals surface area contributed by atoms with Gasteiger partial charge in [0.25, 0.3) is 5.69 Å². The Balaban J connectivity index is 1.62. The second-order valence-electron chi connectivity index (χ2n) is 6.07. The van der Waals surface area contributed by atoms with Gasteiger partial charge in [-0.1, -0.05) is 6.92 Å². The van der Waals surface area contributed by atoms with Crippen molar-refractivity contribution in [2.24, 2.45) is 0 Å². The summed E-state index contributed by atoms with van der Waals surface area (Å²) >= 11 is 0. The predicted octanol–water partition coefficient (Wildman–Crippen LogP) is 3.33. The summed E-state index contributed by atoms with van der Waals surface area (Å²) in [6.07, 6.45) is 7.41. The molecule has 0 unspecified atom stereocenters. The predicted molar refractivity (Wildman–Crippen MR) is 106 cm³/mol. The normalized spacial score (nSPS) is 10.7. The van der Waals surface area contributed by atoms with E-state index >= 15 is 0 Å². The molecule has 4 aromatic rings. The van der Waals surface area contributed by atoms with Crippen LogP contribution in [0.2, 0.25) is 0 Å². The standard InChI is InChI=1S/C19H16N8O2/c1-2-14-10-17(23-15-11-22-26(12-15)19-20-8-3-9-21-19)25-18(24-14)13-4-6-16(7-5-13)27(28)29/h3-12H,2H2,1H3,(H,23,24,25). The average Bonchev–Trinajstić information content (AvgIpc) is 3.22. The van der Waals surface area contributed by atoms with Gasteiger partial charge in [-0.15, -0.1) is 0 Å². The Bertz CT molecular complexity index is 1140. The van der Waals surface area contributed by atoms with Crippen LogP contribution in [0.4, 0.5) is 17.2 Å². The van der Waals surface area contributed by atoms with Gasteiger partial charge < -0.3 is 5.32 Å². The van der Waals surface area contributed by atoms with Gasteiger partial charge in [-0.3, -0.25) is 10.1 Å². The van der Waals surface area contributed by atoms with Crippen LogP contribution in [0.1, 0.15) is 12.6 Å². The van der Waals surface area contributed by atoms with Gasteiger partial charge in [-0.05, 0) is 24.6 Å². The van der Waals surface area contributed by atoms with E-state index in [4.69, 9.17) is 0 Å². The first-order chi connectivity index (χ1) is 14.1. The molecule has 0 saturated carbocycles. The third-order valence-electron chi connectivity index (χ3n) is 4.09. The zero-order valence-electron chi connectivity index (χ0n) is 15.4. The van der Waals surface area contributed by atoms with Gasteiger partial charge in [-0.25, -0.2) is 24.6 Å². The summed E-state index contributed by atoms with van der Waals surface area (Å²) in [5, 5.41) is 18.3. The summed E-state index contributed by atoms with van der Waals surface area (Å²) < 4.78 is 1.56. The molecule has 29 heavy (non-hydrogen) atoms. The molecule has 10 heteroatoms. The summed E-state index contributed by atoms with van der Waals surface area (Å²) in [6.45, 7) is 2.00. The van der Waals surface area contributed by atoms with Crippen LogP contribution in [0, 0.1) is 10.1 Å². The number of nitrogens with one attached hydrogen (secondary N) is 1. The van der Waals surface area contributed by atoms with Crippen LogP contribution < -0.4 is 5.32 Å². The minimum Gasteiger partial charge on any atom is -0.338 e. The molecule has 10 nitrogen and oxygen atoms in total. The number of nitro benzene ring substituents is 1. The molecule has 1 aromatic carbocycles. The number of aromatic nitrogens is 6. The summed E-state index contributed by atoms with van der Waals surface area (Å²) in [5.74, 6) is 1.54. The van der Waals surface area contributed by atoms with Crippen molar-refractivity contribution in [2.75, 3.05) is 5.32 Å². The van der Waals surface area contributed by atoms with E-state index in [-0.39, 0.29) is 5.69 Å². The second-order valence-corrected chi connectivity index (χ2v) is 6.07. The molecule has 0 atom stereocenters. The first-order valence-electron chi connectivity index (χ1n) is 8.84. The van der Waals surface area contributed by atoms with Gasteiger partial charge in [0.2, 0.25) is 5.95 Å². The van der Waals surface area contributed by atoms with E-state index in [1.807, 2.05) is 13.0 Å².